The van der Waals surface area contributed by atoms with Gasteiger partial charge in [-0.1, -0.05) is 31.2 Å². The van der Waals surface area contributed by atoms with Gasteiger partial charge in [-0.15, -0.1) is 0 Å². The molecule has 0 spiro atoms. The van der Waals surface area contributed by atoms with Gasteiger partial charge in [0.1, 0.15) is 0 Å². The summed E-state index contributed by atoms with van der Waals surface area (Å²) in [6, 6.07) is 4.04. The van der Waals surface area contributed by atoms with Gasteiger partial charge >= 0.3 is 0 Å². The molecule has 1 heteroatoms. The third-order valence-corrected chi connectivity index (χ3v) is 2.10. The maximum atomic E-state index is 4.30. The molecule has 1 atom stereocenters. The summed E-state index contributed by atoms with van der Waals surface area (Å²) in [6.45, 7) is 6.28. The van der Waals surface area contributed by atoms with E-state index in [4.69, 9.17) is 0 Å². The zero-order valence-electron chi connectivity index (χ0n) is 9.07. The fourth-order valence-corrected chi connectivity index (χ4v) is 1.28. The van der Waals surface area contributed by atoms with Gasteiger partial charge in [-0.05, 0) is 37.5 Å². The molecule has 74 valence electrons. The number of aromatic nitrogens is 1. The first-order valence-electron chi connectivity index (χ1n) is 4.96. The Hall–Kier alpha value is -1.37. The van der Waals surface area contributed by atoms with Gasteiger partial charge in [0.15, 0.2) is 0 Å². The highest BCUT2D eigenvalue weighted by Gasteiger charge is 1.93. The van der Waals surface area contributed by atoms with Crippen molar-refractivity contribution in [2.45, 2.75) is 20.8 Å². The molecule has 1 aromatic rings. The third kappa shape index (κ3) is 3.17. The molecule has 1 aromatic heterocycles. The highest BCUT2D eigenvalue weighted by Crippen LogP contribution is 2.08. The number of nitrogens with zero attached hydrogens (tertiary/aromatic N) is 1. The molecule has 1 nitrogen and oxygen atoms in total. The number of pyridine rings is 1. The lowest BCUT2D eigenvalue weighted by Crippen LogP contribution is -1.86. The highest BCUT2D eigenvalue weighted by atomic mass is 14.7. The average molecular weight is 187 g/mol. The number of hydrogen-bond acceptors (Lipinski definition) is 1. The molecular weight excluding hydrogens is 170 g/mol. The molecule has 0 radical (unpaired) electrons. The van der Waals surface area contributed by atoms with Crippen LogP contribution in [0.3, 0.4) is 0 Å². The van der Waals surface area contributed by atoms with E-state index >= 15 is 0 Å². The van der Waals surface area contributed by atoms with Gasteiger partial charge in [-0.25, -0.2) is 0 Å². The Balaban J connectivity index is 2.73. The van der Waals surface area contributed by atoms with Gasteiger partial charge in [0.2, 0.25) is 0 Å². The van der Waals surface area contributed by atoms with Gasteiger partial charge < -0.3 is 0 Å². The van der Waals surface area contributed by atoms with E-state index in [1.54, 1.807) is 0 Å². The molecule has 0 saturated carbocycles. The van der Waals surface area contributed by atoms with Crippen LogP contribution >= 0.6 is 0 Å². The Bertz CT molecular complexity index is 337. The molecule has 0 aliphatic carbocycles. The minimum atomic E-state index is 0.474. The van der Waals surface area contributed by atoms with Crippen LogP contribution in [0, 0.1) is 12.8 Å². The first kappa shape index (κ1) is 10.7. The van der Waals surface area contributed by atoms with Crippen molar-refractivity contribution >= 4 is 6.08 Å². The standard InChI is InChI=1S/C13H17N/c1-4-6-11(2)8-9-13-12(3)7-5-10-14-13/h4-11H,1-3H3/b6-4-,9-8-. The van der Waals surface area contributed by atoms with Crippen molar-refractivity contribution in [2.75, 3.05) is 0 Å². The van der Waals surface area contributed by atoms with Crippen molar-refractivity contribution in [1.82, 2.24) is 4.98 Å². The fourth-order valence-electron chi connectivity index (χ4n) is 1.28. The first-order valence-corrected chi connectivity index (χ1v) is 4.96. The summed E-state index contributed by atoms with van der Waals surface area (Å²) in [5, 5.41) is 0. The van der Waals surface area contributed by atoms with Crippen LogP contribution in [-0.2, 0) is 0 Å². The van der Waals surface area contributed by atoms with Crippen molar-refractivity contribution in [2.24, 2.45) is 5.92 Å². The lowest BCUT2D eigenvalue weighted by Gasteiger charge is -1.99. The molecule has 0 amide bonds. The molecule has 0 aromatic carbocycles. The summed E-state index contributed by atoms with van der Waals surface area (Å²) in [5.41, 5.74) is 2.28. The molecule has 0 bridgehead atoms. The van der Waals surface area contributed by atoms with E-state index in [1.165, 1.54) is 5.56 Å². The van der Waals surface area contributed by atoms with E-state index in [-0.39, 0.29) is 0 Å². The Kier molecular flexibility index (Phi) is 4.11. The molecule has 0 saturated heterocycles. The summed E-state index contributed by atoms with van der Waals surface area (Å²) in [4.78, 5) is 4.30. The summed E-state index contributed by atoms with van der Waals surface area (Å²) < 4.78 is 0. The first-order chi connectivity index (χ1) is 6.74. The number of hydrogen-bond donors (Lipinski definition) is 0. The van der Waals surface area contributed by atoms with E-state index in [0.29, 0.717) is 5.92 Å². The van der Waals surface area contributed by atoms with Crippen LogP contribution in [0.2, 0.25) is 0 Å². The van der Waals surface area contributed by atoms with Crippen molar-refractivity contribution in [3.63, 3.8) is 0 Å². The van der Waals surface area contributed by atoms with Crippen LogP contribution in [-0.4, -0.2) is 4.98 Å². The number of allylic oxidation sites excluding steroid dienone is 3. The average Bonchev–Trinajstić information content (AvgIpc) is 2.17. The topological polar surface area (TPSA) is 12.9 Å². The second-order valence-corrected chi connectivity index (χ2v) is 3.45. The molecule has 0 aliphatic heterocycles. The predicted molar refractivity (Wildman–Crippen MR) is 62.0 cm³/mol. The molecular formula is C13H17N. The van der Waals surface area contributed by atoms with Crippen molar-refractivity contribution in [1.29, 1.82) is 0 Å². The van der Waals surface area contributed by atoms with Crippen molar-refractivity contribution in [3.8, 4) is 0 Å². The van der Waals surface area contributed by atoms with Crippen molar-refractivity contribution in [3.05, 3.63) is 47.8 Å². The van der Waals surface area contributed by atoms with E-state index in [0.717, 1.165) is 5.69 Å². The van der Waals surface area contributed by atoms with Crippen molar-refractivity contribution < 1.29 is 0 Å². The maximum absolute atomic E-state index is 4.30. The van der Waals surface area contributed by atoms with Gasteiger partial charge in [-0.2, -0.15) is 0 Å². The molecule has 0 fully saturated rings. The fraction of sp³-hybridized carbons (Fsp3) is 0.308. The molecule has 1 rings (SSSR count). The Morgan fingerprint density at radius 3 is 2.79 bits per heavy atom. The minimum Gasteiger partial charge on any atom is -0.257 e. The van der Waals surface area contributed by atoms with Crippen LogP contribution in [0.4, 0.5) is 0 Å². The van der Waals surface area contributed by atoms with E-state index < -0.39 is 0 Å². The largest absolute Gasteiger partial charge is 0.257 e. The summed E-state index contributed by atoms with van der Waals surface area (Å²) >= 11 is 0. The minimum absolute atomic E-state index is 0.474. The zero-order valence-corrected chi connectivity index (χ0v) is 9.07. The van der Waals surface area contributed by atoms with Crippen LogP contribution < -0.4 is 0 Å². The van der Waals surface area contributed by atoms with Crippen LogP contribution in [0.15, 0.2) is 36.6 Å². The summed E-state index contributed by atoms with van der Waals surface area (Å²) in [6.07, 6.45) is 10.3. The van der Waals surface area contributed by atoms with E-state index in [2.05, 4.69) is 49.2 Å². The van der Waals surface area contributed by atoms with E-state index in [1.807, 2.05) is 19.2 Å². The molecule has 1 heterocycles. The number of aryl methyl sites for hydroxylation is 1. The summed E-state index contributed by atoms with van der Waals surface area (Å²) in [7, 11) is 0. The lowest BCUT2D eigenvalue weighted by atomic mass is 10.1. The zero-order chi connectivity index (χ0) is 10.4. The Morgan fingerprint density at radius 1 is 1.36 bits per heavy atom. The molecule has 1 unspecified atom stereocenters. The second kappa shape index (κ2) is 5.38. The molecule has 14 heavy (non-hydrogen) atoms. The maximum Gasteiger partial charge on any atom is 0.0655 e. The number of rotatable bonds is 3. The van der Waals surface area contributed by atoms with Crippen LogP contribution in [0.5, 0.6) is 0 Å². The predicted octanol–water partition coefficient (Wildman–Crippen LogP) is 3.62. The van der Waals surface area contributed by atoms with Gasteiger partial charge in [0.25, 0.3) is 0 Å². The second-order valence-electron chi connectivity index (χ2n) is 3.45. The van der Waals surface area contributed by atoms with Gasteiger partial charge in [0, 0.05) is 6.20 Å². The Labute approximate surface area is 86.2 Å². The van der Waals surface area contributed by atoms with E-state index in [9.17, 15) is 0 Å². The SMILES string of the molecule is C/C=C\C(C)/C=C\c1ncccc1C. The monoisotopic (exact) mass is 187 g/mol. The highest BCUT2D eigenvalue weighted by molar-refractivity contribution is 5.49. The van der Waals surface area contributed by atoms with Crippen LogP contribution in [0.25, 0.3) is 6.08 Å². The third-order valence-electron chi connectivity index (χ3n) is 2.10. The molecule has 0 aliphatic rings. The molecule has 0 N–H and O–H groups in total. The normalized spacial score (nSPS) is 13.9. The summed E-state index contributed by atoms with van der Waals surface area (Å²) in [5.74, 6) is 0.474. The smallest absolute Gasteiger partial charge is 0.0655 e. The van der Waals surface area contributed by atoms with Crippen LogP contribution in [0.1, 0.15) is 25.1 Å². The quantitative estimate of drug-likeness (QED) is 0.659. The lowest BCUT2D eigenvalue weighted by molar-refractivity contribution is 0.942. The van der Waals surface area contributed by atoms with Gasteiger partial charge in [-0.3, -0.25) is 4.98 Å². The van der Waals surface area contributed by atoms with Gasteiger partial charge in [0.05, 0.1) is 5.69 Å². The Morgan fingerprint density at radius 2 is 2.14 bits per heavy atom.